The van der Waals surface area contributed by atoms with Crippen molar-refractivity contribution in [3.05, 3.63) is 42.2 Å². The molecule has 1 aromatic carbocycles. The average Bonchev–Trinajstić information content (AvgIpc) is 2.43. The van der Waals surface area contributed by atoms with Crippen LogP contribution in [0.4, 0.5) is 0 Å². The number of aromatic nitrogens is 1. The molecule has 1 N–H and O–H groups in total. The van der Waals surface area contributed by atoms with Gasteiger partial charge in [-0.1, -0.05) is 39.0 Å². The molecule has 0 saturated carbocycles. The summed E-state index contributed by atoms with van der Waals surface area (Å²) in [5.74, 6) is 0. The molecule has 0 bridgehead atoms. The van der Waals surface area contributed by atoms with Gasteiger partial charge in [0.05, 0.1) is 0 Å². The van der Waals surface area contributed by atoms with Gasteiger partial charge in [-0.05, 0) is 48.4 Å². The van der Waals surface area contributed by atoms with Crippen molar-refractivity contribution in [1.29, 1.82) is 0 Å². The molecule has 0 saturated heterocycles. The highest BCUT2D eigenvalue weighted by molar-refractivity contribution is 5.85. The Morgan fingerprint density at radius 3 is 2.79 bits per heavy atom. The first-order valence-corrected chi connectivity index (χ1v) is 7.19. The normalized spacial score (nSPS) is 11.9. The number of fused-ring (bicyclic) bond motifs is 1. The fraction of sp³-hybridized carbons (Fsp3) is 0.471. The molecule has 0 radical (unpaired) electrons. The van der Waals surface area contributed by atoms with Gasteiger partial charge in [-0.3, -0.25) is 4.98 Å². The lowest BCUT2D eigenvalue weighted by molar-refractivity contribution is 0.460. The van der Waals surface area contributed by atoms with Crippen LogP contribution in [0.3, 0.4) is 0 Å². The highest BCUT2D eigenvalue weighted by atomic mass is 14.8. The summed E-state index contributed by atoms with van der Waals surface area (Å²) in [6.07, 6.45) is 6.18. The largest absolute Gasteiger partial charge is 0.317 e. The van der Waals surface area contributed by atoms with Gasteiger partial charge in [0.2, 0.25) is 0 Å². The number of pyridine rings is 1. The van der Waals surface area contributed by atoms with Crippen LogP contribution in [0.5, 0.6) is 0 Å². The lowest BCUT2D eigenvalue weighted by Crippen LogP contribution is -2.26. The molecule has 19 heavy (non-hydrogen) atoms. The zero-order valence-corrected chi connectivity index (χ0v) is 12.2. The highest BCUT2D eigenvalue weighted by Crippen LogP contribution is 2.32. The molecular formula is C17H24N2. The first kappa shape index (κ1) is 14.0. The molecule has 0 atom stereocenters. The van der Waals surface area contributed by atoms with Crippen LogP contribution in [0.1, 0.15) is 39.2 Å². The molecular weight excluding hydrogens is 232 g/mol. The molecule has 0 aliphatic heterocycles. The summed E-state index contributed by atoms with van der Waals surface area (Å²) in [7, 11) is 0. The molecule has 1 aromatic heterocycles. The van der Waals surface area contributed by atoms with Gasteiger partial charge in [0.15, 0.2) is 0 Å². The highest BCUT2D eigenvalue weighted by Gasteiger charge is 2.21. The van der Waals surface area contributed by atoms with Crippen LogP contribution in [0, 0.1) is 0 Å². The summed E-state index contributed by atoms with van der Waals surface area (Å²) in [6.45, 7) is 9.04. The summed E-state index contributed by atoms with van der Waals surface area (Å²) in [5, 5.41) is 6.06. The molecule has 2 aromatic rings. The van der Waals surface area contributed by atoms with Gasteiger partial charge in [-0.15, -0.1) is 0 Å². The average molecular weight is 256 g/mol. The summed E-state index contributed by atoms with van der Waals surface area (Å²) in [5.41, 5.74) is 1.60. The standard InChI is InChI=1S/C17H24N2/c1-4-10-18-12-9-17(2,3)16-7-5-6-14-13-19-11-8-15(14)16/h5-8,11,13,18H,4,9-10,12H2,1-3H3. The SMILES string of the molecule is CCCNCCC(C)(C)c1cccc2cnccc12. The van der Waals surface area contributed by atoms with Crippen molar-refractivity contribution in [1.82, 2.24) is 10.3 Å². The number of rotatable bonds is 6. The van der Waals surface area contributed by atoms with Gasteiger partial charge in [0.25, 0.3) is 0 Å². The molecule has 0 unspecified atom stereocenters. The molecule has 0 fully saturated rings. The topological polar surface area (TPSA) is 24.9 Å². The molecule has 2 heteroatoms. The number of nitrogens with zero attached hydrogens (tertiary/aromatic N) is 1. The first-order valence-electron chi connectivity index (χ1n) is 7.19. The van der Waals surface area contributed by atoms with Crippen molar-refractivity contribution in [2.75, 3.05) is 13.1 Å². The second-order valence-electron chi connectivity index (χ2n) is 5.79. The van der Waals surface area contributed by atoms with Gasteiger partial charge in [-0.2, -0.15) is 0 Å². The van der Waals surface area contributed by atoms with Gasteiger partial charge in [0, 0.05) is 17.8 Å². The monoisotopic (exact) mass is 256 g/mol. The Balaban J connectivity index is 2.22. The van der Waals surface area contributed by atoms with Crippen molar-refractivity contribution in [2.45, 2.75) is 39.0 Å². The number of hydrogen-bond donors (Lipinski definition) is 1. The Bertz CT molecular complexity index is 526. The molecule has 1 heterocycles. The predicted molar refractivity (Wildman–Crippen MR) is 82.5 cm³/mol. The quantitative estimate of drug-likeness (QED) is 0.793. The fourth-order valence-electron chi connectivity index (χ4n) is 2.55. The van der Waals surface area contributed by atoms with Crippen LogP contribution >= 0.6 is 0 Å². The van der Waals surface area contributed by atoms with Crippen molar-refractivity contribution in [3.8, 4) is 0 Å². The zero-order valence-electron chi connectivity index (χ0n) is 12.2. The lowest BCUT2D eigenvalue weighted by Gasteiger charge is -2.27. The summed E-state index contributed by atoms with van der Waals surface area (Å²) >= 11 is 0. The summed E-state index contributed by atoms with van der Waals surface area (Å²) in [4.78, 5) is 4.21. The summed E-state index contributed by atoms with van der Waals surface area (Å²) < 4.78 is 0. The van der Waals surface area contributed by atoms with Gasteiger partial charge < -0.3 is 5.32 Å². The van der Waals surface area contributed by atoms with Crippen LogP contribution < -0.4 is 5.32 Å². The van der Waals surface area contributed by atoms with E-state index in [9.17, 15) is 0 Å². The zero-order chi connectivity index (χ0) is 13.7. The minimum Gasteiger partial charge on any atom is -0.317 e. The number of nitrogens with one attached hydrogen (secondary N) is 1. The maximum atomic E-state index is 4.21. The predicted octanol–water partition coefficient (Wildman–Crippen LogP) is 3.90. The van der Waals surface area contributed by atoms with Crippen LogP contribution in [0.2, 0.25) is 0 Å². The second-order valence-corrected chi connectivity index (χ2v) is 5.79. The minimum absolute atomic E-state index is 0.182. The van der Waals surface area contributed by atoms with E-state index in [4.69, 9.17) is 0 Å². The molecule has 0 spiro atoms. The van der Waals surface area contributed by atoms with Crippen LogP contribution in [0.25, 0.3) is 10.8 Å². The van der Waals surface area contributed by atoms with E-state index in [0.717, 1.165) is 19.5 Å². The Kier molecular flexibility index (Phi) is 4.54. The molecule has 102 valence electrons. The molecule has 2 nitrogen and oxygen atoms in total. The minimum atomic E-state index is 0.182. The molecule has 2 rings (SSSR count). The van der Waals surface area contributed by atoms with E-state index < -0.39 is 0 Å². The molecule has 0 aliphatic rings. The number of hydrogen-bond acceptors (Lipinski definition) is 2. The van der Waals surface area contributed by atoms with Crippen LogP contribution in [-0.2, 0) is 5.41 Å². The number of benzene rings is 1. The van der Waals surface area contributed by atoms with Gasteiger partial charge >= 0.3 is 0 Å². The Labute approximate surface area is 116 Å². The van der Waals surface area contributed by atoms with E-state index in [2.05, 4.69) is 55.3 Å². The van der Waals surface area contributed by atoms with E-state index in [1.807, 2.05) is 12.4 Å². The Hall–Kier alpha value is -1.41. The van der Waals surface area contributed by atoms with E-state index >= 15 is 0 Å². The third-order valence-corrected chi connectivity index (χ3v) is 3.76. The van der Waals surface area contributed by atoms with Crippen molar-refractivity contribution in [2.24, 2.45) is 0 Å². The van der Waals surface area contributed by atoms with Crippen molar-refractivity contribution in [3.63, 3.8) is 0 Å². The smallest absolute Gasteiger partial charge is 0.0346 e. The molecule has 0 amide bonds. The molecule has 0 aliphatic carbocycles. The van der Waals surface area contributed by atoms with Crippen molar-refractivity contribution < 1.29 is 0 Å². The maximum Gasteiger partial charge on any atom is 0.0346 e. The van der Waals surface area contributed by atoms with Crippen LogP contribution in [-0.4, -0.2) is 18.1 Å². The van der Waals surface area contributed by atoms with Crippen molar-refractivity contribution >= 4 is 10.8 Å². The Morgan fingerprint density at radius 2 is 2.00 bits per heavy atom. The maximum absolute atomic E-state index is 4.21. The van der Waals surface area contributed by atoms with E-state index in [0.29, 0.717) is 0 Å². The third kappa shape index (κ3) is 3.32. The van der Waals surface area contributed by atoms with Gasteiger partial charge in [-0.25, -0.2) is 0 Å². The van der Waals surface area contributed by atoms with Crippen LogP contribution in [0.15, 0.2) is 36.7 Å². The van der Waals surface area contributed by atoms with E-state index in [1.54, 1.807) is 0 Å². The third-order valence-electron chi connectivity index (χ3n) is 3.76. The fourth-order valence-corrected chi connectivity index (χ4v) is 2.55. The van der Waals surface area contributed by atoms with E-state index in [-0.39, 0.29) is 5.41 Å². The Morgan fingerprint density at radius 1 is 1.16 bits per heavy atom. The van der Waals surface area contributed by atoms with E-state index in [1.165, 1.54) is 22.8 Å². The first-order chi connectivity index (χ1) is 9.15. The lowest BCUT2D eigenvalue weighted by atomic mass is 9.79. The van der Waals surface area contributed by atoms with Gasteiger partial charge in [0.1, 0.15) is 0 Å². The second kappa shape index (κ2) is 6.16. The summed E-state index contributed by atoms with van der Waals surface area (Å²) in [6, 6.07) is 8.66.